The van der Waals surface area contributed by atoms with Gasteiger partial charge in [-0.3, -0.25) is 4.79 Å². The van der Waals surface area contributed by atoms with Gasteiger partial charge >= 0.3 is 0 Å². The number of likely N-dealkylation sites (N-methyl/N-ethyl adjacent to an activating group) is 2. The SMILES string of the molecule is CN1CCN(CCCNC(=O)c2cccc(S(=O)(=O)N3CCN(C)CC3)c2)CC1. The standard InChI is InChI=1S/C20H33N5O3S/c1-22-9-13-24(14-10-22)8-4-7-21-20(26)18-5-3-6-19(17-18)29(27,28)25-15-11-23(2)12-16-25/h3,5-6,17H,4,7-16H2,1-2H3,(H,21,26). The van der Waals surface area contributed by atoms with E-state index in [0.29, 0.717) is 38.3 Å². The van der Waals surface area contributed by atoms with Gasteiger partial charge in [0.25, 0.3) is 5.91 Å². The summed E-state index contributed by atoms with van der Waals surface area (Å²) >= 11 is 0. The molecule has 0 atom stereocenters. The Morgan fingerprint density at radius 3 is 2.24 bits per heavy atom. The number of hydrogen-bond acceptors (Lipinski definition) is 6. The van der Waals surface area contributed by atoms with Crippen molar-refractivity contribution in [1.82, 2.24) is 24.3 Å². The largest absolute Gasteiger partial charge is 0.352 e. The normalized spacial score (nSPS) is 20.6. The van der Waals surface area contributed by atoms with Crippen LogP contribution in [0.25, 0.3) is 0 Å². The lowest BCUT2D eigenvalue weighted by molar-refractivity contribution is 0.0949. The van der Waals surface area contributed by atoms with Gasteiger partial charge in [0, 0.05) is 64.5 Å². The Labute approximate surface area is 174 Å². The van der Waals surface area contributed by atoms with E-state index in [-0.39, 0.29) is 10.8 Å². The lowest BCUT2D eigenvalue weighted by Gasteiger charge is -2.32. The fourth-order valence-electron chi connectivity index (χ4n) is 3.65. The van der Waals surface area contributed by atoms with Crippen LogP contribution in [-0.2, 0) is 10.0 Å². The lowest BCUT2D eigenvalue weighted by atomic mass is 10.2. The second kappa shape index (κ2) is 9.99. The number of sulfonamides is 1. The Morgan fingerprint density at radius 1 is 0.966 bits per heavy atom. The van der Waals surface area contributed by atoms with E-state index in [9.17, 15) is 13.2 Å². The van der Waals surface area contributed by atoms with Crippen molar-refractivity contribution in [2.75, 3.05) is 79.5 Å². The number of rotatable bonds is 7. The van der Waals surface area contributed by atoms with Gasteiger partial charge in [-0.1, -0.05) is 6.07 Å². The van der Waals surface area contributed by atoms with Crippen molar-refractivity contribution in [2.45, 2.75) is 11.3 Å². The molecule has 0 saturated carbocycles. The number of nitrogens with zero attached hydrogens (tertiary/aromatic N) is 4. The number of nitrogens with one attached hydrogen (secondary N) is 1. The highest BCUT2D eigenvalue weighted by Crippen LogP contribution is 2.18. The zero-order chi connectivity index (χ0) is 20.9. The van der Waals surface area contributed by atoms with Crippen molar-refractivity contribution >= 4 is 15.9 Å². The fraction of sp³-hybridized carbons (Fsp3) is 0.650. The second-order valence-corrected chi connectivity index (χ2v) is 9.93. The van der Waals surface area contributed by atoms with Crippen LogP contribution in [0, 0.1) is 0 Å². The van der Waals surface area contributed by atoms with E-state index in [4.69, 9.17) is 0 Å². The molecule has 2 fully saturated rings. The maximum absolute atomic E-state index is 12.9. The van der Waals surface area contributed by atoms with Crippen LogP contribution in [0.2, 0.25) is 0 Å². The van der Waals surface area contributed by atoms with Crippen molar-refractivity contribution in [3.05, 3.63) is 29.8 Å². The molecule has 2 heterocycles. The molecule has 8 nitrogen and oxygen atoms in total. The minimum Gasteiger partial charge on any atom is -0.352 e. The minimum atomic E-state index is -3.57. The van der Waals surface area contributed by atoms with Crippen LogP contribution < -0.4 is 5.32 Å². The maximum Gasteiger partial charge on any atom is 0.251 e. The average Bonchev–Trinajstić information content (AvgIpc) is 2.73. The molecule has 29 heavy (non-hydrogen) atoms. The fourth-order valence-corrected chi connectivity index (χ4v) is 5.12. The van der Waals surface area contributed by atoms with Crippen LogP contribution >= 0.6 is 0 Å². The van der Waals surface area contributed by atoms with Crippen molar-refractivity contribution in [2.24, 2.45) is 0 Å². The molecule has 0 bridgehead atoms. The van der Waals surface area contributed by atoms with E-state index >= 15 is 0 Å². The molecule has 1 aromatic rings. The van der Waals surface area contributed by atoms with Crippen molar-refractivity contribution in [3.63, 3.8) is 0 Å². The molecule has 0 unspecified atom stereocenters. The molecule has 2 saturated heterocycles. The van der Waals surface area contributed by atoms with E-state index in [1.165, 1.54) is 10.4 Å². The topological polar surface area (TPSA) is 76.2 Å². The first kappa shape index (κ1) is 22.2. The first-order valence-corrected chi connectivity index (χ1v) is 11.8. The first-order chi connectivity index (χ1) is 13.9. The molecule has 0 radical (unpaired) electrons. The Morgan fingerprint density at radius 2 is 1.59 bits per heavy atom. The minimum absolute atomic E-state index is 0.187. The smallest absolute Gasteiger partial charge is 0.251 e. The highest BCUT2D eigenvalue weighted by atomic mass is 32.2. The third-order valence-corrected chi connectivity index (χ3v) is 7.62. The first-order valence-electron chi connectivity index (χ1n) is 10.3. The number of benzene rings is 1. The van der Waals surface area contributed by atoms with Gasteiger partial charge in [0.1, 0.15) is 0 Å². The molecule has 1 amide bonds. The predicted octanol–water partition coefficient (Wildman–Crippen LogP) is -0.01000. The molecule has 2 aliphatic rings. The summed E-state index contributed by atoms with van der Waals surface area (Å²) in [6.07, 6.45) is 0.884. The van der Waals surface area contributed by atoms with Gasteiger partial charge in [-0.2, -0.15) is 4.31 Å². The Hall–Kier alpha value is -1.52. The van der Waals surface area contributed by atoms with Gasteiger partial charge in [0.05, 0.1) is 4.90 Å². The van der Waals surface area contributed by atoms with Crippen molar-refractivity contribution in [3.8, 4) is 0 Å². The van der Waals surface area contributed by atoms with E-state index < -0.39 is 10.0 Å². The van der Waals surface area contributed by atoms with E-state index in [1.807, 2.05) is 7.05 Å². The van der Waals surface area contributed by atoms with Gasteiger partial charge in [0.2, 0.25) is 10.0 Å². The van der Waals surface area contributed by atoms with E-state index in [1.54, 1.807) is 18.2 Å². The number of carbonyl (C=O) groups is 1. The molecular weight excluding hydrogens is 390 g/mol. The van der Waals surface area contributed by atoms with Gasteiger partial charge in [0.15, 0.2) is 0 Å². The van der Waals surface area contributed by atoms with Gasteiger partial charge < -0.3 is 20.0 Å². The summed E-state index contributed by atoms with van der Waals surface area (Å²) in [4.78, 5) is 19.5. The number of piperazine rings is 2. The summed E-state index contributed by atoms with van der Waals surface area (Å²) in [6, 6.07) is 6.36. The maximum atomic E-state index is 12.9. The van der Waals surface area contributed by atoms with Gasteiger partial charge in [-0.05, 0) is 45.3 Å². The Balaban J connectivity index is 1.51. The van der Waals surface area contributed by atoms with Gasteiger partial charge in [-0.25, -0.2) is 8.42 Å². The molecule has 1 N–H and O–H groups in total. The summed E-state index contributed by atoms with van der Waals surface area (Å²) < 4.78 is 27.3. The summed E-state index contributed by atoms with van der Waals surface area (Å²) in [6.45, 7) is 8.23. The number of carbonyl (C=O) groups excluding carboxylic acids is 1. The summed E-state index contributed by atoms with van der Waals surface area (Å²) in [7, 11) is 0.550. The highest BCUT2D eigenvalue weighted by molar-refractivity contribution is 7.89. The average molecular weight is 424 g/mol. The molecule has 0 aromatic heterocycles. The summed E-state index contributed by atoms with van der Waals surface area (Å²) in [5, 5.41) is 2.92. The molecule has 0 aliphatic carbocycles. The zero-order valence-electron chi connectivity index (χ0n) is 17.5. The molecule has 9 heteroatoms. The van der Waals surface area contributed by atoms with Crippen molar-refractivity contribution in [1.29, 1.82) is 0 Å². The molecule has 0 spiro atoms. The summed E-state index contributed by atoms with van der Waals surface area (Å²) in [5.74, 6) is -0.223. The summed E-state index contributed by atoms with van der Waals surface area (Å²) in [5.41, 5.74) is 0.389. The molecular formula is C20H33N5O3S. The van der Waals surface area contributed by atoms with E-state index in [2.05, 4.69) is 27.1 Å². The van der Waals surface area contributed by atoms with Crippen LogP contribution in [0.1, 0.15) is 16.8 Å². The molecule has 3 rings (SSSR count). The van der Waals surface area contributed by atoms with Crippen LogP contribution in [-0.4, -0.2) is 113 Å². The van der Waals surface area contributed by atoms with Crippen LogP contribution in [0.15, 0.2) is 29.2 Å². The Bertz CT molecular complexity index is 785. The lowest BCUT2D eigenvalue weighted by Crippen LogP contribution is -2.47. The molecule has 1 aromatic carbocycles. The second-order valence-electron chi connectivity index (χ2n) is 7.99. The quantitative estimate of drug-likeness (QED) is 0.622. The predicted molar refractivity (Wildman–Crippen MR) is 114 cm³/mol. The number of amides is 1. The Kier molecular flexibility index (Phi) is 7.64. The van der Waals surface area contributed by atoms with Crippen LogP contribution in [0.4, 0.5) is 0 Å². The van der Waals surface area contributed by atoms with Crippen molar-refractivity contribution < 1.29 is 13.2 Å². The molecule has 162 valence electrons. The zero-order valence-corrected chi connectivity index (χ0v) is 18.3. The van der Waals surface area contributed by atoms with Crippen LogP contribution in [0.3, 0.4) is 0 Å². The van der Waals surface area contributed by atoms with Crippen LogP contribution in [0.5, 0.6) is 0 Å². The molecule has 2 aliphatic heterocycles. The van der Waals surface area contributed by atoms with E-state index in [0.717, 1.165) is 39.1 Å². The highest BCUT2D eigenvalue weighted by Gasteiger charge is 2.27. The third-order valence-electron chi connectivity index (χ3n) is 5.73. The van der Waals surface area contributed by atoms with Gasteiger partial charge in [-0.15, -0.1) is 0 Å². The number of hydrogen-bond donors (Lipinski definition) is 1. The monoisotopic (exact) mass is 423 g/mol. The third kappa shape index (κ3) is 5.99.